The van der Waals surface area contributed by atoms with E-state index in [2.05, 4.69) is 0 Å². The van der Waals surface area contributed by atoms with Crippen LogP contribution in [-0.2, 0) is 10.3 Å². The summed E-state index contributed by atoms with van der Waals surface area (Å²) in [6.07, 6.45) is 0. The number of aromatic carboxylic acids is 2. The number of carbonyl (C=O) groups excluding carboxylic acids is 2. The van der Waals surface area contributed by atoms with Crippen molar-refractivity contribution >= 4 is 94.1 Å². The number of carboxylic acids is 2. The van der Waals surface area contributed by atoms with Gasteiger partial charge in [0.1, 0.15) is 45.3 Å². The maximum Gasteiger partial charge on any atom is 0.340 e. The van der Waals surface area contributed by atoms with Crippen LogP contribution < -0.4 is 30.9 Å². The lowest BCUT2D eigenvalue weighted by atomic mass is 9.77. The topological polar surface area (TPSA) is 260 Å². The van der Waals surface area contributed by atoms with Crippen LogP contribution in [0.25, 0.3) is 98.4 Å². The first kappa shape index (κ1) is 55.0. The molecule has 0 saturated carbocycles. The number of phenols is 2. The van der Waals surface area contributed by atoms with Gasteiger partial charge in [-0.15, -0.1) is 11.5 Å². The van der Waals surface area contributed by atoms with E-state index < -0.39 is 23.5 Å². The average Bonchev–Trinajstić information content (AvgIpc) is 1.42. The van der Waals surface area contributed by atoms with E-state index >= 15 is 0 Å². The molecule has 0 bridgehead atoms. The van der Waals surface area contributed by atoms with E-state index in [1.165, 1.54) is 60.7 Å². The molecule has 15 heteroatoms. The second-order valence-electron chi connectivity index (χ2n) is 20.9. The number of esters is 1. The molecule has 2 aliphatic rings. The molecule has 12 aromatic carbocycles. The quantitative estimate of drug-likeness (QED) is 0.0841. The molecular weight excluding hydrogens is 1120 g/mol. The second kappa shape index (κ2) is 21.1. The number of hydrogen-bond acceptors (Lipinski definition) is 14. The molecule has 15 nitrogen and oxygen atoms in total. The number of rotatable bonds is 4. The number of carboxylic acid groups (broad SMARTS) is 2. The molecule has 16 rings (SSSR count). The minimum absolute atomic E-state index is 0. The summed E-state index contributed by atoms with van der Waals surface area (Å²) in [5.41, 5.74) is 5.36. The first-order valence-corrected chi connectivity index (χ1v) is 27.1. The van der Waals surface area contributed by atoms with E-state index in [9.17, 15) is 54.6 Å². The molecule has 2 aliphatic heterocycles. The van der Waals surface area contributed by atoms with E-state index in [0.717, 1.165) is 16.3 Å². The van der Waals surface area contributed by atoms with E-state index in [1.807, 2.05) is 36.4 Å². The van der Waals surface area contributed by atoms with E-state index in [1.54, 1.807) is 121 Å². The van der Waals surface area contributed by atoms with Gasteiger partial charge in [-0.25, -0.2) is 9.59 Å². The lowest BCUT2D eigenvalue weighted by Crippen LogP contribution is -2.33. The first-order valence-electron chi connectivity index (χ1n) is 27.1. The fourth-order valence-electron chi connectivity index (χ4n) is 12.1. The molecule has 4 heterocycles. The number of fused-ring (bicyclic) bond motifs is 16. The van der Waals surface area contributed by atoms with Crippen LogP contribution >= 0.6 is 0 Å². The lowest BCUT2D eigenvalue weighted by molar-refractivity contribution is -0.268. The predicted molar refractivity (Wildman–Crippen MR) is 328 cm³/mol. The molecule has 0 fully saturated rings. The molecule has 428 valence electrons. The van der Waals surface area contributed by atoms with Gasteiger partial charge in [-0.3, -0.25) is 9.59 Å². The van der Waals surface area contributed by atoms with Gasteiger partial charge in [0, 0.05) is 77.2 Å². The Balaban J connectivity index is 0.000000121. The Morgan fingerprint density at radius 1 is 0.432 bits per heavy atom. The number of benzene rings is 12. The van der Waals surface area contributed by atoms with Gasteiger partial charge >= 0.3 is 11.9 Å². The van der Waals surface area contributed by atoms with Gasteiger partial charge in [0.2, 0.25) is 0 Å². The van der Waals surface area contributed by atoms with Crippen molar-refractivity contribution in [1.29, 1.82) is 0 Å². The predicted octanol–water partition coefficient (Wildman–Crippen LogP) is 13.2. The highest BCUT2D eigenvalue weighted by molar-refractivity contribution is 6.19. The smallest absolute Gasteiger partial charge is 0.340 e. The number of hydrogen-bond donors (Lipinski definition) is 3. The summed E-state index contributed by atoms with van der Waals surface area (Å²) in [7, 11) is 0. The Kier molecular flexibility index (Phi) is 13.2. The van der Waals surface area contributed by atoms with Gasteiger partial charge < -0.3 is 53.7 Å². The van der Waals surface area contributed by atoms with Crippen LogP contribution in [0, 0.1) is 0 Å². The zero-order valence-corrected chi connectivity index (χ0v) is 45.0. The Labute approximate surface area is 497 Å². The zero-order valence-electron chi connectivity index (χ0n) is 45.0. The molecule has 1 atom stereocenters. The average molecular weight is 1160 g/mol. The van der Waals surface area contributed by atoms with Crippen molar-refractivity contribution in [3.05, 3.63) is 272 Å². The van der Waals surface area contributed by atoms with E-state index in [0.29, 0.717) is 116 Å². The van der Waals surface area contributed by atoms with Crippen molar-refractivity contribution in [3.8, 4) is 56.8 Å². The standard InChI is InChI=1S/3C24H14O5.CH4/c25-14-6-8-16-13(11-14)5-9-20-22(16)28-21-12-15(26)7-10-19(21)24(20)18-4-2-1-3-17(18)23(27)29-24;2*25-14-6-9-16-13(11-14)5-8-20-22(17-3-1-2-4-18(17)24(27)28)19-10-7-15(26)12-21(19)29-23(16)20;/h1-12,25-26H;2*1-12,26H,(H,27,28);1H4/p-3. The molecule has 0 aliphatic carbocycles. The molecule has 0 radical (unpaired) electrons. The summed E-state index contributed by atoms with van der Waals surface area (Å²) in [6.45, 7) is 0. The van der Waals surface area contributed by atoms with Crippen LogP contribution in [0.5, 0.6) is 34.5 Å². The van der Waals surface area contributed by atoms with Gasteiger partial charge in [0.25, 0.3) is 0 Å². The highest BCUT2D eigenvalue weighted by atomic mass is 16.6. The van der Waals surface area contributed by atoms with Crippen LogP contribution in [0.1, 0.15) is 55.2 Å². The van der Waals surface area contributed by atoms with E-state index in [-0.39, 0.29) is 52.4 Å². The lowest BCUT2D eigenvalue weighted by Gasteiger charge is -2.37. The molecule has 1 unspecified atom stereocenters. The van der Waals surface area contributed by atoms with Crippen molar-refractivity contribution in [2.24, 2.45) is 0 Å². The van der Waals surface area contributed by atoms with Gasteiger partial charge in [0.15, 0.2) is 16.5 Å². The van der Waals surface area contributed by atoms with Gasteiger partial charge in [-0.1, -0.05) is 111 Å². The Morgan fingerprint density at radius 2 is 0.898 bits per heavy atom. The summed E-state index contributed by atoms with van der Waals surface area (Å²) in [6, 6.07) is 59.6. The maximum absolute atomic E-state index is 12.8. The molecular formula is C73H43O15-3. The summed E-state index contributed by atoms with van der Waals surface area (Å²) < 4.78 is 24.5. The number of ether oxygens (including phenoxy) is 2. The van der Waals surface area contributed by atoms with E-state index in [4.69, 9.17) is 18.3 Å². The van der Waals surface area contributed by atoms with Crippen LogP contribution in [-0.4, -0.2) is 33.2 Å². The van der Waals surface area contributed by atoms with Crippen molar-refractivity contribution in [3.63, 3.8) is 0 Å². The van der Waals surface area contributed by atoms with Crippen LogP contribution in [0.3, 0.4) is 0 Å². The molecule has 2 aromatic heterocycles. The number of aromatic hydroxyl groups is 2. The summed E-state index contributed by atoms with van der Waals surface area (Å²) >= 11 is 0. The third-order valence-corrected chi connectivity index (χ3v) is 15.8. The normalized spacial score (nSPS) is 13.6. The largest absolute Gasteiger partial charge is 0.872 e. The Bertz CT molecular complexity index is 5220. The summed E-state index contributed by atoms with van der Waals surface area (Å²) in [4.78, 5) is 59.9. The minimum Gasteiger partial charge on any atom is -0.872 e. The maximum atomic E-state index is 12.8. The Hall–Kier alpha value is -12.2. The SMILES string of the molecule is C.O=C(O)c1ccccc1-c1c2ccc([O-])cc2oc2c1ccc1cc(=O)ccc12.O=C([O-])c1ccccc1-c1c2ccc([O-])cc2oc2c1ccc1cc(=O)ccc12.O=C1OC2(c3ccc(O)cc3Oc3c2ccc2cc(O)ccc32)c2ccccc21. The van der Waals surface area contributed by atoms with Crippen molar-refractivity contribution < 1.29 is 63.3 Å². The van der Waals surface area contributed by atoms with Crippen molar-refractivity contribution in [1.82, 2.24) is 0 Å². The molecule has 3 N–H and O–H groups in total. The zero-order chi connectivity index (χ0) is 60.0. The third-order valence-electron chi connectivity index (χ3n) is 15.8. The Morgan fingerprint density at radius 3 is 1.49 bits per heavy atom. The summed E-state index contributed by atoms with van der Waals surface area (Å²) in [5, 5.41) is 72.3. The monoisotopic (exact) mass is 1160 g/mol. The highest BCUT2D eigenvalue weighted by Crippen LogP contribution is 2.58. The van der Waals surface area contributed by atoms with Gasteiger partial charge in [0.05, 0.1) is 17.1 Å². The highest BCUT2D eigenvalue weighted by Gasteiger charge is 2.53. The molecule has 88 heavy (non-hydrogen) atoms. The summed E-state index contributed by atoms with van der Waals surface area (Å²) in [5.74, 6) is -2.01. The fraction of sp³-hybridized carbons (Fsp3) is 0.0274. The first-order chi connectivity index (χ1) is 42.1. The molecule has 1 spiro atoms. The van der Waals surface area contributed by atoms with Gasteiger partial charge in [-0.05, 0) is 136 Å². The second-order valence-corrected chi connectivity index (χ2v) is 20.9. The number of carbonyl (C=O) groups is 3. The number of phenolic OH excluding ortho intramolecular Hbond substituents is 2. The van der Waals surface area contributed by atoms with Crippen LogP contribution in [0.15, 0.2) is 237 Å². The molecule has 0 amide bonds. The van der Waals surface area contributed by atoms with Crippen LogP contribution in [0.4, 0.5) is 0 Å². The van der Waals surface area contributed by atoms with Gasteiger partial charge in [-0.2, -0.15) is 0 Å². The van der Waals surface area contributed by atoms with Crippen molar-refractivity contribution in [2.45, 2.75) is 13.0 Å². The fourth-order valence-corrected chi connectivity index (χ4v) is 12.1. The van der Waals surface area contributed by atoms with Crippen molar-refractivity contribution in [2.75, 3.05) is 0 Å². The van der Waals surface area contributed by atoms with Crippen LogP contribution in [0.2, 0.25) is 0 Å². The molecule has 0 saturated heterocycles. The minimum atomic E-state index is -1.29. The molecule has 14 aromatic rings. The third kappa shape index (κ3) is 8.96.